The van der Waals surface area contributed by atoms with E-state index in [1.807, 2.05) is 32.0 Å². The molecule has 1 rings (SSSR count). The second-order valence-corrected chi connectivity index (χ2v) is 5.50. The molecule has 0 radical (unpaired) electrons. The van der Waals surface area contributed by atoms with Gasteiger partial charge < -0.3 is 29.6 Å². The molecule has 7 nitrogen and oxygen atoms in total. The first-order valence-corrected chi connectivity index (χ1v) is 9.18. The number of aliphatic imine (C=N–C) groups is 1. The largest absolute Gasteiger partial charge is 0.493 e. The van der Waals surface area contributed by atoms with Crippen LogP contribution in [0.5, 0.6) is 11.5 Å². The topological polar surface area (TPSA) is 73.3 Å². The predicted molar refractivity (Wildman–Crippen MR) is 121 cm³/mol. The zero-order chi connectivity index (χ0) is 19.0. The Hall–Kier alpha value is -1.26. The lowest BCUT2D eigenvalue weighted by Crippen LogP contribution is -2.30. The standard InChI is InChI=1S/C19H33N3O4.HI/c1-5-20-19(21-11-7-8-12-25-14-13-23-3)22-16-9-10-17(24-4)18(15-16)26-6-2;/h9-10,15H,5-8,11-14H2,1-4H3,(H2,20,21,22);1H. The van der Waals surface area contributed by atoms with Gasteiger partial charge in [-0.15, -0.1) is 24.0 Å². The summed E-state index contributed by atoms with van der Waals surface area (Å²) >= 11 is 0. The highest BCUT2D eigenvalue weighted by atomic mass is 127. The molecule has 1 aromatic carbocycles. The monoisotopic (exact) mass is 495 g/mol. The van der Waals surface area contributed by atoms with Crippen molar-refractivity contribution in [2.45, 2.75) is 26.7 Å². The zero-order valence-corrected chi connectivity index (χ0v) is 19.2. The molecule has 0 aliphatic heterocycles. The van der Waals surface area contributed by atoms with Crippen molar-refractivity contribution in [3.8, 4) is 11.5 Å². The fraction of sp³-hybridized carbons (Fsp3) is 0.632. The lowest BCUT2D eigenvalue weighted by Gasteiger charge is -2.14. The number of hydrogen-bond donors (Lipinski definition) is 2. The molecule has 0 fully saturated rings. The molecule has 0 aliphatic rings. The third kappa shape index (κ3) is 11.2. The molecule has 0 heterocycles. The van der Waals surface area contributed by atoms with Crippen LogP contribution in [0.3, 0.4) is 0 Å². The van der Waals surface area contributed by atoms with E-state index < -0.39 is 0 Å². The van der Waals surface area contributed by atoms with E-state index in [0.29, 0.717) is 31.3 Å². The molecule has 1 aromatic rings. The first-order valence-electron chi connectivity index (χ1n) is 9.18. The number of halogens is 1. The summed E-state index contributed by atoms with van der Waals surface area (Å²) in [7, 11) is 3.31. The Kier molecular flexibility index (Phi) is 16.1. The summed E-state index contributed by atoms with van der Waals surface area (Å²) in [6.07, 6.45) is 1.94. The molecule has 0 saturated carbocycles. The third-order valence-electron chi connectivity index (χ3n) is 3.47. The van der Waals surface area contributed by atoms with Gasteiger partial charge in [-0.1, -0.05) is 0 Å². The SMILES string of the molecule is CCNC(=NCCCCOCCOC)Nc1ccc(OC)c(OCC)c1.I. The van der Waals surface area contributed by atoms with Gasteiger partial charge in [0.05, 0.1) is 26.9 Å². The molecule has 0 amide bonds. The number of ether oxygens (including phenoxy) is 4. The minimum Gasteiger partial charge on any atom is -0.493 e. The van der Waals surface area contributed by atoms with Gasteiger partial charge in [-0.25, -0.2) is 0 Å². The molecule has 156 valence electrons. The van der Waals surface area contributed by atoms with E-state index >= 15 is 0 Å². The average molecular weight is 495 g/mol. The van der Waals surface area contributed by atoms with Crippen LogP contribution in [-0.2, 0) is 9.47 Å². The number of guanidine groups is 1. The van der Waals surface area contributed by atoms with Crippen LogP contribution in [0.4, 0.5) is 5.69 Å². The van der Waals surface area contributed by atoms with Crippen molar-refractivity contribution in [3.05, 3.63) is 18.2 Å². The number of unbranched alkanes of at least 4 members (excludes halogenated alkanes) is 1. The maximum absolute atomic E-state index is 5.62. The Bertz CT molecular complexity index is 530. The molecule has 0 atom stereocenters. The molecular weight excluding hydrogens is 461 g/mol. The Balaban J connectivity index is 0.00000676. The van der Waals surface area contributed by atoms with Crippen LogP contribution in [0.15, 0.2) is 23.2 Å². The molecule has 8 heteroatoms. The summed E-state index contributed by atoms with van der Waals surface area (Å²) in [6, 6.07) is 5.74. The van der Waals surface area contributed by atoms with E-state index in [9.17, 15) is 0 Å². The molecule has 0 unspecified atom stereocenters. The van der Waals surface area contributed by atoms with Crippen LogP contribution in [0.25, 0.3) is 0 Å². The Morgan fingerprint density at radius 1 is 1.04 bits per heavy atom. The summed E-state index contributed by atoms with van der Waals surface area (Å²) in [6.45, 7) is 8.11. The molecule has 2 N–H and O–H groups in total. The predicted octanol–water partition coefficient (Wildman–Crippen LogP) is 3.53. The second-order valence-electron chi connectivity index (χ2n) is 5.50. The Morgan fingerprint density at radius 3 is 2.52 bits per heavy atom. The minimum absolute atomic E-state index is 0. The van der Waals surface area contributed by atoms with Gasteiger partial charge in [0, 0.05) is 38.6 Å². The molecular formula is C19H34IN3O4. The van der Waals surface area contributed by atoms with Crippen LogP contribution in [0, 0.1) is 0 Å². The average Bonchev–Trinajstić information content (AvgIpc) is 2.64. The summed E-state index contributed by atoms with van der Waals surface area (Å²) in [5, 5.41) is 6.55. The van der Waals surface area contributed by atoms with Gasteiger partial charge >= 0.3 is 0 Å². The number of hydrogen-bond acceptors (Lipinski definition) is 5. The first-order chi connectivity index (χ1) is 12.7. The van der Waals surface area contributed by atoms with Gasteiger partial charge in [-0.05, 0) is 38.8 Å². The summed E-state index contributed by atoms with van der Waals surface area (Å²) in [4.78, 5) is 4.60. The van der Waals surface area contributed by atoms with Gasteiger partial charge in [0.1, 0.15) is 0 Å². The van der Waals surface area contributed by atoms with Crippen molar-refractivity contribution in [1.82, 2.24) is 5.32 Å². The van der Waals surface area contributed by atoms with Crippen LogP contribution >= 0.6 is 24.0 Å². The number of nitrogens with one attached hydrogen (secondary N) is 2. The third-order valence-corrected chi connectivity index (χ3v) is 3.47. The van der Waals surface area contributed by atoms with E-state index in [4.69, 9.17) is 18.9 Å². The minimum atomic E-state index is 0. The fourth-order valence-corrected chi connectivity index (χ4v) is 2.22. The van der Waals surface area contributed by atoms with Gasteiger partial charge in [0.15, 0.2) is 17.5 Å². The maximum atomic E-state index is 5.62. The van der Waals surface area contributed by atoms with Crippen molar-refractivity contribution < 1.29 is 18.9 Å². The van der Waals surface area contributed by atoms with E-state index in [0.717, 1.165) is 44.2 Å². The maximum Gasteiger partial charge on any atom is 0.195 e. The number of rotatable bonds is 13. The van der Waals surface area contributed by atoms with E-state index in [2.05, 4.69) is 15.6 Å². The van der Waals surface area contributed by atoms with Gasteiger partial charge in [-0.2, -0.15) is 0 Å². The normalized spacial score (nSPS) is 10.9. The van der Waals surface area contributed by atoms with Crippen LogP contribution < -0.4 is 20.1 Å². The fourth-order valence-electron chi connectivity index (χ4n) is 2.22. The highest BCUT2D eigenvalue weighted by Gasteiger charge is 2.06. The quantitative estimate of drug-likeness (QED) is 0.189. The number of methoxy groups -OCH3 is 2. The zero-order valence-electron chi connectivity index (χ0n) is 16.9. The van der Waals surface area contributed by atoms with Crippen molar-refractivity contribution in [3.63, 3.8) is 0 Å². The highest BCUT2D eigenvalue weighted by molar-refractivity contribution is 14.0. The van der Waals surface area contributed by atoms with Gasteiger partial charge in [0.25, 0.3) is 0 Å². The van der Waals surface area contributed by atoms with Crippen molar-refractivity contribution in [2.24, 2.45) is 4.99 Å². The molecule has 0 bridgehead atoms. The molecule has 0 aromatic heterocycles. The van der Waals surface area contributed by atoms with Gasteiger partial charge in [0.2, 0.25) is 0 Å². The number of nitrogens with zero attached hydrogens (tertiary/aromatic N) is 1. The van der Waals surface area contributed by atoms with E-state index in [1.165, 1.54) is 0 Å². The summed E-state index contributed by atoms with van der Waals surface area (Å²) in [5.41, 5.74) is 0.900. The second kappa shape index (κ2) is 16.9. The summed E-state index contributed by atoms with van der Waals surface area (Å²) < 4.78 is 21.3. The number of anilines is 1. The smallest absolute Gasteiger partial charge is 0.195 e. The number of benzene rings is 1. The van der Waals surface area contributed by atoms with Crippen molar-refractivity contribution in [1.29, 1.82) is 0 Å². The van der Waals surface area contributed by atoms with Crippen LogP contribution in [0.1, 0.15) is 26.7 Å². The molecule has 0 saturated heterocycles. The van der Waals surface area contributed by atoms with E-state index in [-0.39, 0.29) is 24.0 Å². The molecule has 0 aliphatic carbocycles. The van der Waals surface area contributed by atoms with Crippen LogP contribution in [-0.4, -0.2) is 59.7 Å². The van der Waals surface area contributed by atoms with E-state index in [1.54, 1.807) is 14.2 Å². The summed E-state index contributed by atoms with van der Waals surface area (Å²) in [5.74, 6) is 2.18. The van der Waals surface area contributed by atoms with Crippen molar-refractivity contribution >= 4 is 35.6 Å². The molecule has 27 heavy (non-hydrogen) atoms. The van der Waals surface area contributed by atoms with Crippen LogP contribution in [0.2, 0.25) is 0 Å². The van der Waals surface area contributed by atoms with Crippen molar-refractivity contribution in [2.75, 3.05) is 59.1 Å². The lowest BCUT2D eigenvalue weighted by atomic mass is 10.2. The lowest BCUT2D eigenvalue weighted by molar-refractivity contribution is 0.0690. The Labute approximate surface area is 180 Å². The molecule has 0 spiro atoms. The van der Waals surface area contributed by atoms with Gasteiger partial charge in [-0.3, -0.25) is 4.99 Å². The highest BCUT2D eigenvalue weighted by Crippen LogP contribution is 2.30. The Morgan fingerprint density at radius 2 is 1.85 bits per heavy atom. The first kappa shape index (κ1) is 25.7.